The molecule has 0 atom stereocenters. The number of aromatic nitrogens is 3. The molecule has 2 aromatic heterocycles. The number of rotatable bonds is 2. The molecule has 0 fully saturated rings. The lowest BCUT2D eigenvalue weighted by molar-refractivity contribution is 1.01. The molecule has 0 amide bonds. The van der Waals surface area contributed by atoms with Crippen LogP contribution in [0.25, 0.3) is 0 Å². The number of aryl methyl sites for hydroxylation is 1. The summed E-state index contributed by atoms with van der Waals surface area (Å²) in [5, 5.41) is 0.889. The monoisotopic (exact) mass is 218 g/mol. The molecule has 2 aromatic rings. The summed E-state index contributed by atoms with van der Waals surface area (Å²) in [6, 6.07) is 3.79. The number of hydrogen-bond donors (Lipinski definition) is 1. The molecule has 0 aliphatic carbocycles. The first-order chi connectivity index (χ1) is 7.25. The normalized spacial score (nSPS) is 10.2. The van der Waals surface area contributed by atoms with Crippen molar-refractivity contribution in [1.82, 2.24) is 15.0 Å². The average Bonchev–Trinajstić information content (AvgIpc) is 2.22. The van der Waals surface area contributed by atoms with Crippen LogP contribution < -0.4 is 5.73 Å². The second kappa shape index (κ2) is 4.27. The maximum Gasteiger partial charge on any atom is 0.116 e. The topological polar surface area (TPSA) is 64.7 Å². The van der Waals surface area contributed by atoms with E-state index in [1.54, 1.807) is 18.7 Å². The Morgan fingerprint density at radius 3 is 2.93 bits per heavy atom. The van der Waals surface area contributed by atoms with E-state index >= 15 is 0 Å². The minimum atomic E-state index is 0.666. The van der Waals surface area contributed by atoms with E-state index in [1.165, 1.54) is 11.8 Å². The van der Waals surface area contributed by atoms with Gasteiger partial charge in [0.05, 0.1) is 11.9 Å². The third-order valence-corrected chi connectivity index (χ3v) is 2.83. The van der Waals surface area contributed by atoms with Gasteiger partial charge in [0.2, 0.25) is 0 Å². The number of nitrogen functional groups attached to an aromatic ring is 1. The Kier molecular flexibility index (Phi) is 2.82. The van der Waals surface area contributed by atoms with E-state index in [4.69, 9.17) is 5.73 Å². The molecular weight excluding hydrogens is 208 g/mol. The van der Waals surface area contributed by atoms with E-state index in [0.717, 1.165) is 15.6 Å². The van der Waals surface area contributed by atoms with Gasteiger partial charge in [-0.25, -0.2) is 9.97 Å². The molecule has 0 saturated carbocycles. The summed E-state index contributed by atoms with van der Waals surface area (Å²) in [5.41, 5.74) is 7.39. The van der Waals surface area contributed by atoms with Gasteiger partial charge in [0.1, 0.15) is 11.4 Å². The molecule has 4 nitrogen and oxygen atoms in total. The zero-order valence-electron chi connectivity index (χ0n) is 8.21. The predicted octanol–water partition coefficient (Wildman–Crippen LogP) is 1.91. The van der Waals surface area contributed by atoms with Crippen molar-refractivity contribution in [2.24, 2.45) is 0 Å². The van der Waals surface area contributed by atoms with Crippen molar-refractivity contribution in [1.29, 1.82) is 0 Å². The van der Waals surface area contributed by atoms with Gasteiger partial charge in [-0.2, -0.15) is 0 Å². The van der Waals surface area contributed by atoms with Crippen molar-refractivity contribution in [3.05, 3.63) is 36.5 Å². The fourth-order valence-corrected chi connectivity index (χ4v) is 1.94. The van der Waals surface area contributed by atoms with Crippen LogP contribution in [0.1, 0.15) is 5.69 Å². The molecule has 2 rings (SSSR count). The van der Waals surface area contributed by atoms with Crippen molar-refractivity contribution < 1.29 is 0 Å². The molecule has 0 spiro atoms. The highest BCUT2D eigenvalue weighted by molar-refractivity contribution is 7.99. The van der Waals surface area contributed by atoms with E-state index in [1.807, 2.05) is 19.1 Å². The van der Waals surface area contributed by atoms with Crippen LogP contribution in [-0.4, -0.2) is 15.0 Å². The molecule has 0 aliphatic heterocycles. The fourth-order valence-electron chi connectivity index (χ4n) is 1.09. The van der Waals surface area contributed by atoms with Crippen LogP contribution >= 0.6 is 11.8 Å². The van der Waals surface area contributed by atoms with E-state index < -0.39 is 0 Å². The van der Waals surface area contributed by atoms with Crippen LogP contribution in [0.3, 0.4) is 0 Å². The maximum absolute atomic E-state index is 5.78. The summed E-state index contributed by atoms with van der Waals surface area (Å²) in [6.45, 7) is 1.93. The lowest BCUT2D eigenvalue weighted by Gasteiger charge is -2.03. The Morgan fingerprint density at radius 2 is 2.20 bits per heavy atom. The molecule has 2 N–H and O–H groups in total. The molecule has 0 bridgehead atoms. The molecule has 15 heavy (non-hydrogen) atoms. The molecule has 5 heteroatoms. The van der Waals surface area contributed by atoms with Crippen molar-refractivity contribution in [2.75, 3.05) is 5.73 Å². The molecule has 76 valence electrons. The van der Waals surface area contributed by atoms with Crippen LogP contribution in [0.4, 0.5) is 5.69 Å². The van der Waals surface area contributed by atoms with Crippen molar-refractivity contribution >= 4 is 17.4 Å². The van der Waals surface area contributed by atoms with Gasteiger partial charge >= 0.3 is 0 Å². The van der Waals surface area contributed by atoms with Crippen molar-refractivity contribution in [2.45, 2.75) is 16.8 Å². The summed E-state index contributed by atoms with van der Waals surface area (Å²) in [4.78, 5) is 13.1. The van der Waals surface area contributed by atoms with Gasteiger partial charge < -0.3 is 5.73 Å². The van der Waals surface area contributed by atoms with Crippen LogP contribution in [0.5, 0.6) is 0 Å². The molecule has 0 aliphatic rings. The summed E-state index contributed by atoms with van der Waals surface area (Å²) in [7, 11) is 0. The highest BCUT2D eigenvalue weighted by Gasteiger charge is 2.02. The summed E-state index contributed by atoms with van der Waals surface area (Å²) >= 11 is 1.51. The van der Waals surface area contributed by atoms with Crippen LogP contribution in [0, 0.1) is 6.92 Å². The fraction of sp³-hybridized carbons (Fsp3) is 0.100. The lowest BCUT2D eigenvalue weighted by atomic mass is 10.4. The summed E-state index contributed by atoms with van der Waals surface area (Å²) in [5.74, 6) is 0. The minimum absolute atomic E-state index is 0.666. The molecule has 0 unspecified atom stereocenters. The van der Waals surface area contributed by atoms with Gasteiger partial charge in [-0.05, 0) is 19.1 Å². The van der Waals surface area contributed by atoms with Gasteiger partial charge in [-0.1, -0.05) is 11.8 Å². The Morgan fingerprint density at radius 1 is 1.33 bits per heavy atom. The number of nitrogens with zero attached hydrogens (tertiary/aromatic N) is 3. The van der Waals surface area contributed by atoms with E-state index in [0.29, 0.717) is 5.69 Å². The van der Waals surface area contributed by atoms with Crippen LogP contribution in [0.2, 0.25) is 0 Å². The zero-order valence-corrected chi connectivity index (χ0v) is 9.03. The zero-order chi connectivity index (χ0) is 10.7. The van der Waals surface area contributed by atoms with E-state index in [9.17, 15) is 0 Å². The van der Waals surface area contributed by atoms with Crippen LogP contribution in [-0.2, 0) is 0 Å². The lowest BCUT2D eigenvalue weighted by Crippen LogP contribution is -1.90. The molecule has 0 radical (unpaired) electrons. The molecule has 0 saturated heterocycles. The quantitative estimate of drug-likeness (QED) is 0.780. The smallest absolute Gasteiger partial charge is 0.116 e. The Balaban J connectivity index is 2.26. The maximum atomic E-state index is 5.78. The largest absolute Gasteiger partial charge is 0.397 e. The Bertz CT molecular complexity index is 472. The van der Waals surface area contributed by atoms with Gasteiger partial charge in [0.15, 0.2) is 0 Å². The standard InChI is InChI=1S/C10H10N4S/c1-7-4-10(14-6-13-7)15-9-2-3-12-5-8(9)11/h2-6H,11H2,1H3. The SMILES string of the molecule is Cc1cc(Sc2ccncc2N)ncn1. The third-order valence-electron chi connectivity index (χ3n) is 1.80. The van der Waals surface area contributed by atoms with Crippen molar-refractivity contribution in [3.8, 4) is 0 Å². The Labute approximate surface area is 92.0 Å². The first kappa shape index (κ1) is 9.92. The second-order valence-corrected chi connectivity index (χ2v) is 4.08. The highest BCUT2D eigenvalue weighted by Crippen LogP contribution is 2.29. The number of anilines is 1. The Hall–Kier alpha value is -1.62. The van der Waals surface area contributed by atoms with E-state index in [-0.39, 0.29) is 0 Å². The minimum Gasteiger partial charge on any atom is -0.397 e. The number of hydrogen-bond acceptors (Lipinski definition) is 5. The van der Waals surface area contributed by atoms with Crippen LogP contribution in [0.15, 0.2) is 40.8 Å². The predicted molar refractivity (Wildman–Crippen MR) is 59.5 cm³/mol. The van der Waals surface area contributed by atoms with Crippen molar-refractivity contribution in [3.63, 3.8) is 0 Å². The molecule has 2 heterocycles. The number of nitrogens with two attached hydrogens (primary N) is 1. The first-order valence-corrected chi connectivity index (χ1v) is 5.23. The molecular formula is C10H10N4S. The second-order valence-electron chi connectivity index (χ2n) is 3.01. The summed E-state index contributed by atoms with van der Waals surface area (Å²) in [6.07, 6.45) is 4.90. The molecule has 0 aromatic carbocycles. The van der Waals surface area contributed by atoms with Gasteiger partial charge in [0, 0.05) is 16.8 Å². The number of pyridine rings is 1. The average molecular weight is 218 g/mol. The van der Waals surface area contributed by atoms with Gasteiger partial charge in [-0.3, -0.25) is 4.98 Å². The highest BCUT2D eigenvalue weighted by atomic mass is 32.2. The first-order valence-electron chi connectivity index (χ1n) is 4.41. The van der Waals surface area contributed by atoms with Gasteiger partial charge in [0.25, 0.3) is 0 Å². The van der Waals surface area contributed by atoms with Gasteiger partial charge in [-0.15, -0.1) is 0 Å². The third kappa shape index (κ3) is 2.44. The summed E-state index contributed by atoms with van der Waals surface area (Å²) < 4.78 is 0. The van der Waals surface area contributed by atoms with E-state index in [2.05, 4.69) is 15.0 Å².